The molecule has 1 N–H and O–H groups in total. The molecule has 2 aliphatic heterocycles. The average Bonchev–Trinajstić information content (AvgIpc) is 3.19. The Morgan fingerprint density at radius 3 is 2.19 bits per heavy atom. The number of hydrogen-bond acceptors (Lipinski definition) is 3. The summed E-state index contributed by atoms with van der Waals surface area (Å²) in [6.07, 6.45) is -9.11. The minimum Gasteiger partial charge on any atom is -0.371 e. The number of halogens is 6. The van der Waals surface area contributed by atoms with E-state index in [0.717, 1.165) is 12.8 Å². The lowest BCUT2D eigenvalue weighted by Gasteiger charge is -2.33. The van der Waals surface area contributed by atoms with Gasteiger partial charge in [0.15, 0.2) is 0 Å². The Balaban J connectivity index is 1.62. The first-order chi connectivity index (χ1) is 17.3. The number of amides is 2. The third-order valence-electron chi connectivity index (χ3n) is 6.93. The van der Waals surface area contributed by atoms with Gasteiger partial charge in [-0.15, -0.1) is 0 Å². The molecule has 2 amide bonds. The van der Waals surface area contributed by atoms with Gasteiger partial charge >= 0.3 is 12.4 Å². The minimum absolute atomic E-state index is 0.0686. The van der Waals surface area contributed by atoms with Crippen molar-refractivity contribution in [3.8, 4) is 0 Å². The van der Waals surface area contributed by atoms with Crippen molar-refractivity contribution < 1.29 is 40.7 Å². The number of piperidine rings is 1. The summed E-state index contributed by atoms with van der Waals surface area (Å²) in [5.41, 5.74) is -3.62. The largest absolute Gasteiger partial charge is 0.416 e. The van der Waals surface area contributed by atoms with Gasteiger partial charge in [-0.3, -0.25) is 9.59 Å². The summed E-state index contributed by atoms with van der Waals surface area (Å²) in [5.74, 6) is -0.512. The van der Waals surface area contributed by atoms with E-state index in [9.17, 15) is 35.9 Å². The summed E-state index contributed by atoms with van der Waals surface area (Å²) in [5, 5.41) is 2.91. The number of hydrogen-bond donors (Lipinski definition) is 1. The molecule has 0 aromatic heterocycles. The lowest BCUT2D eigenvalue weighted by Crippen LogP contribution is -2.46. The van der Waals surface area contributed by atoms with Gasteiger partial charge in [-0.2, -0.15) is 26.3 Å². The first-order valence-corrected chi connectivity index (χ1v) is 11.9. The van der Waals surface area contributed by atoms with E-state index in [4.69, 9.17) is 4.74 Å². The van der Waals surface area contributed by atoms with Crippen LogP contribution in [0.15, 0.2) is 48.5 Å². The zero-order valence-electron chi connectivity index (χ0n) is 20.0. The summed E-state index contributed by atoms with van der Waals surface area (Å²) >= 11 is 0. The van der Waals surface area contributed by atoms with Gasteiger partial charge in [0.05, 0.1) is 29.4 Å². The Hall–Kier alpha value is -3.08. The topological polar surface area (TPSA) is 58.6 Å². The van der Waals surface area contributed by atoms with E-state index >= 15 is 0 Å². The van der Waals surface area contributed by atoms with Crippen LogP contribution in [0.4, 0.5) is 26.3 Å². The highest BCUT2D eigenvalue weighted by atomic mass is 19.4. The number of nitrogens with zero attached hydrogens (tertiary/aromatic N) is 1. The Labute approximate surface area is 209 Å². The standard InChI is InChI=1S/C26H26F6N2O3/c1-16(17-11-19(25(27,28)29)13-20(12-17)26(30,31)32)37-15-24(18-7-3-2-4-8-18)14-21(23(36)33-24)34-10-6-5-9-22(34)35/h2-4,7-8,11-13,16,21H,5-6,9-10,14-15H2,1H3,(H,33,36)/t16-,21-,24-/m1/s1. The van der Waals surface area contributed by atoms with Crippen LogP contribution in [0, 0.1) is 0 Å². The fourth-order valence-corrected chi connectivity index (χ4v) is 4.90. The van der Waals surface area contributed by atoms with Crippen LogP contribution < -0.4 is 5.32 Å². The second kappa shape index (κ2) is 10.00. The zero-order chi connectivity index (χ0) is 27.0. The van der Waals surface area contributed by atoms with Crippen LogP contribution in [0.1, 0.15) is 61.0 Å². The highest BCUT2D eigenvalue weighted by molar-refractivity contribution is 5.90. The summed E-state index contributed by atoms with van der Waals surface area (Å²) in [7, 11) is 0. The average molecular weight is 528 g/mol. The molecule has 2 aromatic carbocycles. The van der Waals surface area contributed by atoms with Crippen LogP contribution in [-0.2, 0) is 32.2 Å². The predicted octanol–water partition coefficient (Wildman–Crippen LogP) is 5.60. The number of ether oxygens (including phenoxy) is 1. The molecule has 2 heterocycles. The SMILES string of the molecule is C[C@@H](OC[C@@]1(c2ccccc2)C[C@@H](N2CCCCC2=O)C(=O)N1)c1cc(C(F)(F)F)cc(C(F)(F)F)c1. The van der Waals surface area contributed by atoms with Crippen molar-refractivity contribution in [1.82, 2.24) is 10.2 Å². The number of rotatable bonds is 6. The number of likely N-dealkylation sites (tertiary alicyclic amines) is 1. The Bertz CT molecular complexity index is 1120. The molecule has 200 valence electrons. The molecule has 0 spiro atoms. The molecule has 4 rings (SSSR count). The Morgan fingerprint density at radius 1 is 1.00 bits per heavy atom. The third kappa shape index (κ3) is 5.76. The molecule has 0 radical (unpaired) electrons. The van der Waals surface area contributed by atoms with Crippen molar-refractivity contribution in [1.29, 1.82) is 0 Å². The number of carbonyl (C=O) groups excluding carboxylic acids is 2. The molecule has 37 heavy (non-hydrogen) atoms. The minimum atomic E-state index is -4.98. The van der Waals surface area contributed by atoms with Crippen LogP contribution in [0.3, 0.4) is 0 Å². The van der Waals surface area contributed by atoms with Crippen LogP contribution >= 0.6 is 0 Å². The molecule has 2 fully saturated rings. The molecule has 0 saturated carbocycles. The molecule has 11 heteroatoms. The van der Waals surface area contributed by atoms with Crippen molar-refractivity contribution in [2.75, 3.05) is 13.2 Å². The molecule has 3 atom stereocenters. The van der Waals surface area contributed by atoms with Gasteiger partial charge in [0.2, 0.25) is 11.8 Å². The molecule has 0 bridgehead atoms. The first-order valence-electron chi connectivity index (χ1n) is 11.9. The van der Waals surface area contributed by atoms with Crippen molar-refractivity contribution in [2.45, 2.75) is 62.6 Å². The van der Waals surface area contributed by atoms with Crippen LogP contribution in [0.25, 0.3) is 0 Å². The van der Waals surface area contributed by atoms with Gasteiger partial charge in [-0.05, 0) is 49.1 Å². The van der Waals surface area contributed by atoms with E-state index in [1.165, 1.54) is 11.8 Å². The molecule has 2 saturated heterocycles. The quantitative estimate of drug-likeness (QED) is 0.497. The lowest BCUT2D eigenvalue weighted by atomic mass is 9.87. The molecule has 0 aliphatic carbocycles. The van der Waals surface area contributed by atoms with E-state index in [0.29, 0.717) is 30.7 Å². The van der Waals surface area contributed by atoms with Gasteiger partial charge in [0, 0.05) is 19.4 Å². The molecule has 0 unspecified atom stereocenters. The maximum atomic E-state index is 13.3. The van der Waals surface area contributed by atoms with E-state index in [1.54, 1.807) is 30.3 Å². The van der Waals surface area contributed by atoms with Crippen LogP contribution in [0.2, 0.25) is 0 Å². The highest BCUT2D eigenvalue weighted by Crippen LogP contribution is 2.40. The third-order valence-corrected chi connectivity index (χ3v) is 6.93. The van der Waals surface area contributed by atoms with Gasteiger partial charge in [-0.25, -0.2) is 0 Å². The summed E-state index contributed by atoms with van der Waals surface area (Å²) in [4.78, 5) is 27.0. The predicted molar refractivity (Wildman–Crippen MR) is 121 cm³/mol. The maximum absolute atomic E-state index is 13.3. The van der Waals surface area contributed by atoms with Crippen molar-refractivity contribution in [3.05, 3.63) is 70.8 Å². The van der Waals surface area contributed by atoms with Gasteiger partial charge in [-0.1, -0.05) is 30.3 Å². The van der Waals surface area contributed by atoms with E-state index < -0.39 is 41.2 Å². The smallest absolute Gasteiger partial charge is 0.371 e. The number of alkyl halides is 6. The second-order valence-electron chi connectivity index (χ2n) is 9.49. The summed E-state index contributed by atoms with van der Waals surface area (Å²) < 4.78 is 85.8. The fraction of sp³-hybridized carbons (Fsp3) is 0.462. The van der Waals surface area contributed by atoms with Crippen LogP contribution in [0.5, 0.6) is 0 Å². The van der Waals surface area contributed by atoms with Crippen molar-refractivity contribution in [2.24, 2.45) is 0 Å². The van der Waals surface area contributed by atoms with Crippen molar-refractivity contribution in [3.63, 3.8) is 0 Å². The number of nitrogens with one attached hydrogen (secondary N) is 1. The van der Waals surface area contributed by atoms with Gasteiger partial charge < -0.3 is 15.0 Å². The van der Waals surface area contributed by atoms with Crippen molar-refractivity contribution >= 4 is 11.8 Å². The maximum Gasteiger partial charge on any atom is 0.416 e. The van der Waals surface area contributed by atoms with E-state index in [2.05, 4.69) is 5.32 Å². The molecular formula is C26H26F6N2O3. The number of benzene rings is 2. The first kappa shape index (κ1) is 27.0. The lowest BCUT2D eigenvalue weighted by molar-refractivity contribution is -0.143. The van der Waals surface area contributed by atoms with Gasteiger partial charge in [0.25, 0.3) is 0 Å². The fourth-order valence-electron chi connectivity index (χ4n) is 4.90. The highest BCUT2D eigenvalue weighted by Gasteiger charge is 2.49. The van der Waals surface area contributed by atoms with Crippen LogP contribution in [-0.4, -0.2) is 35.9 Å². The zero-order valence-corrected chi connectivity index (χ0v) is 20.0. The molecule has 2 aliphatic rings. The van der Waals surface area contributed by atoms with E-state index in [1.807, 2.05) is 0 Å². The Morgan fingerprint density at radius 2 is 1.62 bits per heavy atom. The monoisotopic (exact) mass is 528 g/mol. The molecule has 5 nitrogen and oxygen atoms in total. The normalized spacial score (nSPS) is 23.8. The van der Waals surface area contributed by atoms with Gasteiger partial charge in [0.1, 0.15) is 6.04 Å². The molecule has 2 aromatic rings. The summed E-state index contributed by atoms with van der Waals surface area (Å²) in [6.45, 7) is 1.57. The Kier molecular flexibility index (Phi) is 7.29. The molecular weight excluding hydrogens is 502 g/mol. The van der Waals surface area contributed by atoms with E-state index in [-0.39, 0.29) is 36.5 Å². The second-order valence-corrected chi connectivity index (χ2v) is 9.49. The number of carbonyl (C=O) groups is 2. The summed E-state index contributed by atoms with van der Waals surface area (Å²) in [6, 6.07) is 9.35.